The number of carboxylic acids is 1. The minimum atomic E-state index is -0.852. The van der Waals surface area contributed by atoms with E-state index in [4.69, 9.17) is 28.3 Å². The summed E-state index contributed by atoms with van der Waals surface area (Å²) in [7, 11) is 1.98. The number of aliphatic hydroxyl groups excluding tert-OH is 1. The Kier molecular flexibility index (Phi) is 12.4. The van der Waals surface area contributed by atoms with E-state index in [1.54, 1.807) is 0 Å². The Bertz CT molecular complexity index is 1210. The average Bonchev–Trinajstić information content (AvgIpc) is 2.91. The SMILES string of the molecule is CN(CCc1c(Cl)cc(-c2cccc(CCC(=O)O)n2)cc1Cl)C[C@H](O)CNC(C)(C)CCCc1ccccc1. The van der Waals surface area contributed by atoms with Crippen molar-refractivity contribution in [2.45, 2.75) is 64.0 Å². The number of β-amino-alcohol motifs (C(OH)–C–C–N with tert-alkyl or cyclic N) is 1. The van der Waals surface area contributed by atoms with Gasteiger partial charge < -0.3 is 20.4 Å². The van der Waals surface area contributed by atoms with Gasteiger partial charge in [-0.25, -0.2) is 0 Å². The van der Waals surface area contributed by atoms with E-state index in [0.717, 1.165) is 30.4 Å². The maximum Gasteiger partial charge on any atom is 0.303 e. The van der Waals surface area contributed by atoms with Crippen LogP contribution in [0.25, 0.3) is 11.3 Å². The number of pyridine rings is 1. The Balaban J connectivity index is 1.46. The van der Waals surface area contributed by atoms with Gasteiger partial charge in [-0.2, -0.15) is 0 Å². The smallest absolute Gasteiger partial charge is 0.303 e. The van der Waals surface area contributed by atoms with Crippen molar-refractivity contribution in [3.05, 3.63) is 87.5 Å². The standard InChI is InChI=1S/C32H41Cl2N3O3/c1-32(2,17-8-11-23-9-5-4-6-10-23)35-21-26(38)22-37(3)18-16-27-28(33)19-24(20-29(27)34)30-13-7-12-25(36-30)14-15-31(39)40/h4-7,9-10,12-13,19-20,26,35,38H,8,11,14-18,21-22H2,1-3H3,(H,39,40)/t26-/m1/s1. The molecule has 0 saturated carbocycles. The fraction of sp³-hybridized carbons (Fsp3) is 0.438. The quantitative estimate of drug-likeness (QED) is 0.183. The first-order chi connectivity index (χ1) is 19.0. The van der Waals surface area contributed by atoms with E-state index in [2.05, 4.69) is 53.3 Å². The van der Waals surface area contributed by atoms with Crippen molar-refractivity contribution in [3.63, 3.8) is 0 Å². The molecule has 2 aromatic carbocycles. The van der Waals surface area contributed by atoms with E-state index < -0.39 is 12.1 Å². The number of aryl methyl sites for hydroxylation is 2. The molecule has 1 atom stereocenters. The highest BCUT2D eigenvalue weighted by Gasteiger charge is 2.19. The molecule has 0 spiro atoms. The van der Waals surface area contributed by atoms with Crippen molar-refractivity contribution < 1.29 is 15.0 Å². The van der Waals surface area contributed by atoms with Crippen LogP contribution in [0.5, 0.6) is 0 Å². The van der Waals surface area contributed by atoms with Gasteiger partial charge in [0, 0.05) is 52.9 Å². The summed E-state index contributed by atoms with van der Waals surface area (Å²) in [5.74, 6) is -0.852. The first-order valence-corrected chi connectivity index (χ1v) is 14.6. The molecular formula is C32H41Cl2N3O3. The summed E-state index contributed by atoms with van der Waals surface area (Å²) < 4.78 is 0. The van der Waals surface area contributed by atoms with Crippen molar-refractivity contribution in [3.8, 4) is 11.3 Å². The lowest BCUT2D eigenvalue weighted by atomic mass is 9.95. The van der Waals surface area contributed by atoms with E-state index in [0.29, 0.717) is 53.9 Å². The molecule has 0 bridgehead atoms. The Morgan fingerprint density at radius 2 is 1.73 bits per heavy atom. The molecule has 0 aliphatic heterocycles. The number of carboxylic acid groups (broad SMARTS) is 1. The molecule has 0 unspecified atom stereocenters. The van der Waals surface area contributed by atoms with Gasteiger partial charge in [0.05, 0.1) is 18.2 Å². The van der Waals surface area contributed by atoms with Crippen LogP contribution in [0.3, 0.4) is 0 Å². The van der Waals surface area contributed by atoms with Gasteiger partial charge in [0.25, 0.3) is 0 Å². The van der Waals surface area contributed by atoms with Crippen LogP contribution in [-0.2, 0) is 24.1 Å². The Morgan fingerprint density at radius 1 is 1.02 bits per heavy atom. The van der Waals surface area contributed by atoms with Gasteiger partial charge in [0.1, 0.15) is 0 Å². The summed E-state index contributed by atoms with van der Waals surface area (Å²) >= 11 is 13.3. The maximum absolute atomic E-state index is 10.9. The zero-order valence-corrected chi connectivity index (χ0v) is 25.2. The lowest BCUT2D eigenvalue weighted by molar-refractivity contribution is -0.136. The topological polar surface area (TPSA) is 85.7 Å². The number of nitrogens with one attached hydrogen (secondary N) is 1. The molecule has 216 valence electrons. The number of halogens is 2. The number of hydrogen-bond donors (Lipinski definition) is 3. The molecule has 3 rings (SSSR count). The molecule has 6 nitrogen and oxygen atoms in total. The van der Waals surface area contributed by atoms with Gasteiger partial charge in [0.2, 0.25) is 0 Å². The third-order valence-electron chi connectivity index (χ3n) is 7.03. The second kappa shape index (κ2) is 15.5. The summed E-state index contributed by atoms with van der Waals surface area (Å²) in [6, 6.07) is 19.8. The number of rotatable bonds is 16. The zero-order chi connectivity index (χ0) is 29.1. The highest BCUT2D eigenvalue weighted by molar-refractivity contribution is 6.36. The monoisotopic (exact) mass is 585 g/mol. The van der Waals surface area contributed by atoms with E-state index in [1.807, 2.05) is 43.4 Å². The fourth-order valence-electron chi connectivity index (χ4n) is 4.68. The number of aromatic nitrogens is 1. The molecule has 3 aromatic rings. The van der Waals surface area contributed by atoms with Crippen LogP contribution >= 0.6 is 23.2 Å². The third-order valence-corrected chi connectivity index (χ3v) is 7.71. The molecule has 0 radical (unpaired) electrons. The van der Waals surface area contributed by atoms with Crippen molar-refractivity contribution in [2.75, 3.05) is 26.7 Å². The highest BCUT2D eigenvalue weighted by atomic mass is 35.5. The number of benzene rings is 2. The lowest BCUT2D eigenvalue weighted by Crippen LogP contribution is -2.46. The molecule has 0 amide bonds. The van der Waals surface area contributed by atoms with Crippen LogP contribution in [0.15, 0.2) is 60.7 Å². The summed E-state index contributed by atoms with van der Waals surface area (Å²) in [6.07, 6.45) is 3.71. The van der Waals surface area contributed by atoms with Gasteiger partial charge in [-0.15, -0.1) is 0 Å². The zero-order valence-electron chi connectivity index (χ0n) is 23.7. The van der Waals surface area contributed by atoms with Gasteiger partial charge in [-0.05, 0) is 82.0 Å². The first kappa shape index (κ1) is 32.0. The molecule has 3 N–H and O–H groups in total. The van der Waals surface area contributed by atoms with Crippen LogP contribution < -0.4 is 5.32 Å². The summed E-state index contributed by atoms with van der Waals surface area (Å²) in [5.41, 5.74) is 4.36. The van der Waals surface area contributed by atoms with Crippen molar-refractivity contribution in [1.29, 1.82) is 0 Å². The largest absolute Gasteiger partial charge is 0.481 e. The number of hydrogen-bond acceptors (Lipinski definition) is 5. The third kappa shape index (κ3) is 10.8. The minimum Gasteiger partial charge on any atom is -0.481 e. The number of carbonyl (C=O) groups is 1. The van der Waals surface area contributed by atoms with Gasteiger partial charge in [0.15, 0.2) is 0 Å². The highest BCUT2D eigenvalue weighted by Crippen LogP contribution is 2.32. The van der Waals surface area contributed by atoms with E-state index in [1.165, 1.54) is 5.56 Å². The molecule has 0 aliphatic carbocycles. The molecule has 8 heteroatoms. The molecular weight excluding hydrogens is 545 g/mol. The maximum atomic E-state index is 10.9. The van der Waals surface area contributed by atoms with E-state index in [-0.39, 0.29) is 12.0 Å². The second-order valence-electron chi connectivity index (χ2n) is 11.1. The lowest BCUT2D eigenvalue weighted by Gasteiger charge is -2.29. The van der Waals surface area contributed by atoms with Crippen molar-refractivity contribution >= 4 is 29.2 Å². The number of aliphatic carboxylic acids is 1. The Hall–Kier alpha value is -2.48. The predicted molar refractivity (Wildman–Crippen MR) is 164 cm³/mol. The van der Waals surface area contributed by atoms with Gasteiger partial charge in [-0.1, -0.05) is 59.6 Å². The van der Waals surface area contributed by atoms with Gasteiger partial charge >= 0.3 is 5.97 Å². The molecule has 0 fully saturated rings. The Morgan fingerprint density at radius 3 is 2.40 bits per heavy atom. The van der Waals surface area contributed by atoms with Crippen molar-refractivity contribution in [1.82, 2.24) is 15.2 Å². The first-order valence-electron chi connectivity index (χ1n) is 13.8. The molecule has 0 saturated heterocycles. The normalized spacial score (nSPS) is 12.6. The van der Waals surface area contributed by atoms with Crippen LogP contribution in [0.4, 0.5) is 0 Å². The molecule has 1 heterocycles. The summed E-state index contributed by atoms with van der Waals surface area (Å²) in [6.45, 7) is 6.12. The number of nitrogens with zero attached hydrogens (tertiary/aromatic N) is 2. The minimum absolute atomic E-state index is 0.0295. The van der Waals surface area contributed by atoms with Crippen LogP contribution in [0.1, 0.15) is 49.9 Å². The second-order valence-corrected chi connectivity index (χ2v) is 11.9. The summed E-state index contributed by atoms with van der Waals surface area (Å²) in [5, 5.41) is 24.2. The molecule has 40 heavy (non-hydrogen) atoms. The number of aliphatic hydroxyl groups is 1. The molecule has 1 aromatic heterocycles. The van der Waals surface area contributed by atoms with Crippen LogP contribution in [0, 0.1) is 0 Å². The number of likely N-dealkylation sites (N-methyl/N-ethyl adjacent to an activating group) is 1. The Labute approximate surface area is 248 Å². The van der Waals surface area contributed by atoms with E-state index >= 15 is 0 Å². The fourth-order valence-corrected chi connectivity index (χ4v) is 5.36. The van der Waals surface area contributed by atoms with Crippen LogP contribution in [0.2, 0.25) is 10.0 Å². The van der Waals surface area contributed by atoms with E-state index in [9.17, 15) is 9.90 Å². The van der Waals surface area contributed by atoms with Gasteiger partial charge in [-0.3, -0.25) is 9.78 Å². The predicted octanol–water partition coefficient (Wildman–Crippen LogP) is 6.30. The van der Waals surface area contributed by atoms with Crippen molar-refractivity contribution in [2.24, 2.45) is 0 Å². The molecule has 0 aliphatic rings. The van der Waals surface area contributed by atoms with Crippen LogP contribution in [-0.4, -0.2) is 64.4 Å². The summed E-state index contributed by atoms with van der Waals surface area (Å²) in [4.78, 5) is 17.5. The average molecular weight is 587 g/mol.